The molecule has 0 radical (unpaired) electrons. The molecule has 0 unspecified atom stereocenters. The monoisotopic (exact) mass is 436 g/mol. The minimum Gasteiger partial charge on any atom is -0.441 e. The van der Waals surface area contributed by atoms with E-state index in [1.54, 1.807) is 18.2 Å². The van der Waals surface area contributed by atoms with E-state index in [4.69, 9.17) is 9.47 Å². The van der Waals surface area contributed by atoms with Gasteiger partial charge in [-0.1, -0.05) is 0 Å². The summed E-state index contributed by atoms with van der Waals surface area (Å²) in [5.74, 6) is -0.407. The zero-order chi connectivity index (χ0) is 21.3. The van der Waals surface area contributed by atoms with E-state index in [-0.39, 0.29) is 11.1 Å². The second-order valence-corrected chi connectivity index (χ2v) is 8.09. The van der Waals surface area contributed by atoms with Crippen LogP contribution in [-0.4, -0.2) is 63.6 Å². The summed E-state index contributed by atoms with van der Waals surface area (Å²) in [6.07, 6.45) is -0.880. The number of carbonyl (C=O) groups excluding carboxylic acids is 1. The number of benzene rings is 1. The number of nitro groups is 1. The van der Waals surface area contributed by atoms with Crippen LogP contribution in [0.4, 0.5) is 30.6 Å². The Labute approximate surface area is 176 Å². The topological polar surface area (TPSA) is 88.4 Å². The van der Waals surface area contributed by atoms with Gasteiger partial charge in [-0.3, -0.25) is 15.0 Å². The lowest BCUT2D eigenvalue weighted by molar-refractivity contribution is -0.380. The van der Waals surface area contributed by atoms with Gasteiger partial charge in [0.25, 0.3) is 0 Å². The molecule has 3 heterocycles. The van der Waals surface area contributed by atoms with Crippen molar-refractivity contribution in [1.82, 2.24) is 0 Å². The predicted octanol–water partition coefficient (Wildman–Crippen LogP) is 3.09. The highest BCUT2D eigenvalue weighted by Gasteiger charge is 2.33. The number of nitrogens with zero attached hydrogens (tertiary/aromatic N) is 4. The van der Waals surface area contributed by atoms with Crippen molar-refractivity contribution in [3.63, 3.8) is 0 Å². The third-order valence-corrected chi connectivity index (χ3v) is 6.26. The first kappa shape index (κ1) is 20.4. The normalized spacial score (nSPS) is 19.3. The number of methoxy groups -OCH3 is 1. The van der Waals surface area contributed by atoms with E-state index in [0.29, 0.717) is 50.7 Å². The van der Waals surface area contributed by atoms with E-state index in [1.165, 1.54) is 24.1 Å². The molecular weight excluding hydrogens is 415 g/mol. The average molecular weight is 436 g/mol. The van der Waals surface area contributed by atoms with Crippen LogP contribution in [0.3, 0.4) is 0 Å². The van der Waals surface area contributed by atoms with Gasteiger partial charge in [0.05, 0.1) is 34.5 Å². The van der Waals surface area contributed by atoms with Gasteiger partial charge in [0.1, 0.15) is 11.9 Å². The number of amides is 1. The number of cyclic esters (lactones) is 1. The SMILES string of the molecule is COC[C@H]1CN(c2ccc(N3CCN(c4ccc([N+](=O)[O-])s4)CC3)c(F)c2)C(=O)O1. The molecule has 0 aliphatic carbocycles. The fourth-order valence-corrected chi connectivity index (χ4v) is 4.55. The smallest absolute Gasteiger partial charge is 0.414 e. The minimum atomic E-state index is -0.511. The van der Waals surface area contributed by atoms with Gasteiger partial charge in [0, 0.05) is 39.4 Å². The Balaban J connectivity index is 1.40. The Morgan fingerprint density at radius 2 is 1.97 bits per heavy atom. The molecule has 9 nitrogen and oxygen atoms in total. The van der Waals surface area contributed by atoms with Gasteiger partial charge in [-0.2, -0.15) is 0 Å². The molecule has 160 valence electrons. The predicted molar refractivity (Wildman–Crippen MR) is 111 cm³/mol. The van der Waals surface area contributed by atoms with E-state index in [9.17, 15) is 19.3 Å². The van der Waals surface area contributed by atoms with Crippen LogP contribution in [0.25, 0.3) is 0 Å². The van der Waals surface area contributed by atoms with Crippen molar-refractivity contribution in [3.8, 4) is 0 Å². The van der Waals surface area contributed by atoms with Crippen LogP contribution in [0.15, 0.2) is 30.3 Å². The van der Waals surface area contributed by atoms with Gasteiger partial charge in [-0.05, 0) is 35.6 Å². The lowest BCUT2D eigenvalue weighted by atomic mass is 10.2. The van der Waals surface area contributed by atoms with Crippen molar-refractivity contribution in [3.05, 3.63) is 46.3 Å². The van der Waals surface area contributed by atoms with Crippen LogP contribution in [-0.2, 0) is 9.47 Å². The number of thiophene rings is 1. The second kappa shape index (κ2) is 8.44. The summed E-state index contributed by atoms with van der Waals surface area (Å²) >= 11 is 1.14. The second-order valence-electron chi connectivity index (χ2n) is 7.05. The third-order valence-electron chi connectivity index (χ3n) is 5.16. The number of hydrogen-bond donors (Lipinski definition) is 0. The first-order chi connectivity index (χ1) is 14.5. The molecule has 30 heavy (non-hydrogen) atoms. The molecule has 0 N–H and O–H groups in total. The molecule has 1 aromatic carbocycles. The van der Waals surface area contributed by atoms with Crippen molar-refractivity contribution in [2.24, 2.45) is 0 Å². The molecule has 2 aromatic rings. The molecular formula is C19H21FN4O5S. The maximum absolute atomic E-state index is 14.8. The molecule has 2 aliphatic heterocycles. The van der Waals surface area contributed by atoms with E-state index in [0.717, 1.165) is 16.3 Å². The third kappa shape index (κ3) is 4.03. The number of anilines is 3. The van der Waals surface area contributed by atoms with Gasteiger partial charge >= 0.3 is 11.1 Å². The van der Waals surface area contributed by atoms with Crippen LogP contribution < -0.4 is 14.7 Å². The summed E-state index contributed by atoms with van der Waals surface area (Å²) in [7, 11) is 1.53. The molecule has 1 aromatic heterocycles. The van der Waals surface area contributed by atoms with Gasteiger partial charge in [-0.25, -0.2) is 9.18 Å². The number of carbonyl (C=O) groups is 1. The molecule has 2 fully saturated rings. The molecule has 11 heteroatoms. The fraction of sp³-hybridized carbons (Fsp3) is 0.421. The average Bonchev–Trinajstić information content (AvgIpc) is 3.36. The van der Waals surface area contributed by atoms with Gasteiger partial charge in [0.2, 0.25) is 0 Å². The van der Waals surface area contributed by atoms with Crippen molar-refractivity contribution < 1.29 is 23.6 Å². The summed E-state index contributed by atoms with van der Waals surface area (Å²) in [5.41, 5.74) is 0.918. The largest absolute Gasteiger partial charge is 0.441 e. The Morgan fingerprint density at radius 3 is 2.60 bits per heavy atom. The van der Waals surface area contributed by atoms with Gasteiger partial charge in [0.15, 0.2) is 0 Å². The first-order valence-corrected chi connectivity index (χ1v) is 10.3. The Hall–Kier alpha value is -2.92. The molecule has 2 aliphatic rings. The van der Waals surface area contributed by atoms with Crippen molar-refractivity contribution in [2.75, 3.05) is 61.1 Å². The highest BCUT2D eigenvalue weighted by atomic mass is 32.1. The molecule has 0 saturated carbocycles. The van der Waals surface area contributed by atoms with Crippen LogP contribution >= 0.6 is 11.3 Å². The van der Waals surface area contributed by atoms with Gasteiger partial charge in [-0.15, -0.1) is 0 Å². The van der Waals surface area contributed by atoms with E-state index < -0.39 is 16.8 Å². The maximum atomic E-state index is 14.8. The van der Waals surface area contributed by atoms with Crippen molar-refractivity contribution in [1.29, 1.82) is 0 Å². The summed E-state index contributed by atoms with van der Waals surface area (Å²) in [5, 5.41) is 11.8. The Kier molecular flexibility index (Phi) is 5.73. The van der Waals surface area contributed by atoms with E-state index in [1.807, 2.05) is 4.90 Å². The molecule has 0 spiro atoms. The zero-order valence-electron chi connectivity index (χ0n) is 16.3. The highest BCUT2D eigenvalue weighted by molar-refractivity contribution is 7.19. The number of hydrogen-bond acceptors (Lipinski definition) is 8. The molecule has 2 saturated heterocycles. The van der Waals surface area contributed by atoms with Crippen LogP contribution in [0.2, 0.25) is 0 Å². The fourth-order valence-electron chi connectivity index (χ4n) is 3.68. The number of piperazine rings is 1. The van der Waals surface area contributed by atoms with Crippen molar-refractivity contribution in [2.45, 2.75) is 6.10 Å². The van der Waals surface area contributed by atoms with Crippen LogP contribution in [0.1, 0.15) is 0 Å². The molecule has 1 atom stereocenters. The molecule has 4 rings (SSSR count). The van der Waals surface area contributed by atoms with Crippen molar-refractivity contribution >= 4 is 38.8 Å². The molecule has 1 amide bonds. The summed E-state index contributed by atoms with van der Waals surface area (Å²) in [6, 6.07) is 7.99. The quantitative estimate of drug-likeness (QED) is 0.508. The Bertz CT molecular complexity index is 947. The highest BCUT2D eigenvalue weighted by Crippen LogP contribution is 2.33. The first-order valence-electron chi connectivity index (χ1n) is 9.47. The van der Waals surface area contributed by atoms with Gasteiger partial charge < -0.3 is 19.3 Å². The number of ether oxygens (including phenoxy) is 2. The standard InChI is InChI=1S/C19H21FN4O5S/c1-28-12-14-11-23(19(25)29-14)13-2-3-16(15(20)10-13)21-6-8-22(9-7-21)17-4-5-18(30-17)24(26)27/h2-5,10,14H,6-9,11-12H2,1H3/t14-/m1/s1. The summed E-state index contributed by atoms with van der Waals surface area (Å²) in [4.78, 5) is 27.9. The minimum absolute atomic E-state index is 0.113. The number of halogens is 1. The van der Waals surface area contributed by atoms with E-state index >= 15 is 0 Å². The summed E-state index contributed by atoms with van der Waals surface area (Å²) < 4.78 is 25.1. The number of rotatable bonds is 6. The van der Waals surface area contributed by atoms with Crippen LogP contribution in [0.5, 0.6) is 0 Å². The lowest BCUT2D eigenvalue weighted by Crippen LogP contribution is -2.46. The maximum Gasteiger partial charge on any atom is 0.414 e. The Morgan fingerprint density at radius 1 is 1.23 bits per heavy atom. The zero-order valence-corrected chi connectivity index (χ0v) is 17.1. The lowest BCUT2D eigenvalue weighted by Gasteiger charge is -2.36. The van der Waals surface area contributed by atoms with E-state index in [2.05, 4.69) is 4.90 Å². The molecule has 0 bridgehead atoms. The van der Waals surface area contributed by atoms with Crippen LogP contribution in [0, 0.1) is 15.9 Å². The summed E-state index contributed by atoms with van der Waals surface area (Å²) in [6.45, 7) is 3.05.